The van der Waals surface area contributed by atoms with Crippen molar-refractivity contribution in [2.45, 2.75) is 6.18 Å². The second-order valence-corrected chi connectivity index (χ2v) is 5.44. The fourth-order valence-corrected chi connectivity index (χ4v) is 2.83. The van der Waals surface area contributed by atoms with Crippen molar-refractivity contribution in [3.8, 4) is 0 Å². The first-order valence-electron chi connectivity index (χ1n) is 5.94. The van der Waals surface area contributed by atoms with E-state index in [4.69, 9.17) is 5.73 Å². The maximum atomic E-state index is 12.3. The summed E-state index contributed by atoms with van der Waals surface area (Å²) in [7, 11) is 0. The van der Waals surface area contributed by atoms with E-state index in [1.165, 1.54) is 4.90 Å². The molecule has 1 aromatic rings. The second kappa shape index (κ2) is 5.58. The maximum absolute atomic E-state index is 12.3. The number of nitrogen functional groups attached to an aromatic ring is 1. The predicted octanol–water partition coefficient (Wildman–Crippen LogP) is 2.72. The number of anilines is 2. The molecular formula is C12H15BrF3N3. The summed E-state index contributed by atoms with van der Waals surface area (Å²) in [5.41, 5.74) is 7.30. The first-order chi connectivity index (χ1) is 8.85. The molecule has 0 saturated carbocycles. The van der Waals surface area contributed by atoms with Crippen LogP contribution in [0.1, 0.15) is 0 Å². The molecule has 1 aliphatic rings. The lowest BCUT2D eigenvalue weighted by Crippen LogP contribution is -2.49. The number of hydrogen-bond donors (Lipinski definition) is 1. The smallest absolute Gasteiger partial charge is 0.399 e. The molecule has 1 saturated heterocycles. The molecule has 0 radical (unpaired) electrons. The van der Waals surface area contributed by atoms with Crippen LogP contribution in [-0.4, -0.2) is 43.8 Å². The van der Waals surface area contributed by atoms with Crippen LogP contribution in [0.2, 0.25) is 0 Å². The van der Waals surface area contributed by atoms with Crippen molar-refractivity contribution in [1.29, 1.82) is 0 Å². The Bertz CT molecular complexity index is 442. The van der Waals surface area contributed by atoms with E-state index in [1.807, 2.05) is 6.07 Å². The highest BCUT2D eigenvalue weighted by Crippen LogP contribution is 2.29. The molecule has 0 unspecified atom stereocenters. The second-order valence-electron chi connectivity index (χ2n) is 4.59. The molecule has 0 aromatic heterocycles. The monoisotopic (exact) mass is 337 g/mol. The van der Waals surface area contributed by atoms with E-state index in [1.54, 1.807) is 12.1 Å². The Balaban J connectivity index is 1.96. The van der Waals surface area contributed by atoms with Gasteiger partial charge in [-0.1, -0.05) is 0 Å². The molecule has 7 heteroatoms. The average molecular weight is 338 g/mol. The molecule has 0 aliphatic carbocycles. The fraction of sp³-hybridized carbons (Fsp3) is 0.500. The number of nitrogens with two attached hydrogens (primary N) is 1. The number of hydrogen-bond acceptors (Lipinski definition) is 3. The average Bonchev–Trinajstić information content (AvgIpc) is 2.28. The summed E-state index contributed by atoms with van der Waals surface area (Å²) in [5, 5.41) is 0. The number of halogens is 4. The Kier molecular flexibility index (Phi) is 4.25. The van der Waals surface area contributed by atoms with Crippen molar-refractivity contribution >= 4 is 27.3 Å². The Hall–Kier alpha value is -0.950. The maximum Gasteiger partial charge on any atom is 0.401 e. The molecule has 106 valence electrons. The topological polar surface area (TPSA) is 32.5 Å². The summed E-state index contributed by atoms with van der Waals surface area (Å²) in [6.45, 7) is 1.16. The highest BCUT2D eigenvalue weighted by molar-refractivity contribution is 9.10. The van der Waals surface area contributed by atoms with E-state index in [9.17, 15) is 13.2 Å². The SMILES string of the molecule is Nc1ccc(N2CCN(CC(F)(F)F)CC2)c(Br)c1. The molecule has 1 fully saturated rings. The van der Waals surface area contributed by atoms with Gasteiger partial charge in [-0.2, -0.15) is 13.2 Å². The molecule has 0 spiro atoms. The normalized spacial score (nSPS) is 17.8. The van der Waals surface area contributed by atoms with Gasteiger partial charge in [-0.15, -0.1) is 0 Å². The van der Waals surface area contributed by atoms with Gasteiger partial charge in [0.15, 0.2) is 0 Å². The van der Waals surface area contributed by atoms with Crippen LogP contribution in [0, 0.1) is 0 Å². The van der Waals surface area contributed by atoms with Gasteiger partial charge in [0.05, 0.1) is 12.2 Å². The van der Waals surface area contributed by atoms with Crippen LogP contribution in [0.3, 0.4) is 0 Å². The fourth-order valence-electron chi connectivity index (χ4n) is 2.18. The minimum Gasteiger partial charge on any atom is -0.399 e. The molecule has 3 nitrogen and oxygen atoms in total. The summed E-state index contributed by atoms with van der Waals surface area (Å²) in [5.74, 6) is 0. The van der Waals surface area contributed by atoms with E-state index in [0.717, 1.165) is 10.2 Å². The van der Waals surface area contributed by atoms with Gasteiger partial charge < -0.3 is 10.6 Å². The molecule has 0 bridgehead atoms. The lowest BCUT2D eigenvalue weighted by atomic mass is 10.2. The zero-order valence-electron chi connectivity index (χ0n) is 10.3. The minimum atomic E-state index is -4.12. The number of piperazine rings is 1. The minimum absolute atomic E-state index is 0.413. The quantitative estimate of drug-likeness (QED) is 0.842. The lowest BCUT2D eigenvalue weighted by Gasteiger charge is -2.36. The molecule has 1 aliphatic heterocycles. The summed E-state index contributed by atoms with van der Waals surface area (Å²) >= 11 is 3.43. The highest BCUT2D eigenvalue weighted by Gasteiger charge is 2.32. The summed E-state index contributed by atoms with van der Waals surface area (Å²) in [6.07, 6.45) is -4.12. The summed E-state index contributed by atoms with van der Waals surface area (Å²) in [4.78, 5) is 3.50. The Morgan fingerprint density at radius 3 is 2.32 bits per heavy atom. The third-order valence-corrected chi connectivity index (χ3v) is 3.72. The lowest BCUT2D eigenvalue weighted by molar-refractivity contribution is -0.146. The number of benzene rings is 1. The number of nitrogens with zero attached hydrogens (tertiary/aromatic N) is 2. The van der Waals surface area contributed by atoms with Gasteiger partial charge in [0.1, 0.15) is 0 Å². The van der Waals surface area contributed by atoms with Crippen molar-refractivity contribution < 1.29 is 13.2 Å². The largest absolute Gasteiger partial charge is 0.401 e. The van der Waals surface area contributed by atoms with Crippen molar-refractivity contribution in [3.63, 3.8) is 0 Å². The number of alkyl halides is 3. The first-order valence-corrected chi connectivity index (χ1v) is 6.73. The third kappa shape index (κ3) is 4.01. The molecule has 0 amide bonds. The highest BCUT2D eigenvalue weighted by atomic mass is 79.9. The van der Waals surface area contributed by atoms with E-state index in [0.29, 0.717) is 31.9 Å². The van der Waals surface area contributed by atoms with Crippen LogP contribution in [0.5, 0.6) is 0 Å². The van der Waals surface area contributed by atoms with Crippen molar-refractivity contribution in [3.05, 3.63) is 22.7 Å². The van der Waals surface area contributed by atoms with Crippen LogP contribution in [-0.2, 0) is 0 Å². The molecule has 1 heterocycles. The van der Waals surface area contributed by atoms with Gasteiger partial charge in [-0.3, -0.25) is 4.90 Å². The Labute approximate surface area is 118 Å². The molecular weight excluding hydrogens is 323 g/mol. The van der Waals surface area contributed by atoms with Gasteiger partial charge in [0, 0.05) is 36.3 Å². The Morgan fingerprint density at radius 1 is 1.16 bits per heavy atom. The predicted molar refractivity (Wildman–Crippen MR) is 73.3 cm³/mol. The van der Waals surface area contributed by atoms with Crippen LogP contribution in [0.15, 0.2) is 22.7 Å². The summed E-state index contributed by atoms with van der Waals surface area (Å²) < 4.78 is 37.7. The van der Waals surface area contributed by atoms with Crippen molar-refractivity contribution in [2.24, 2.45) is 0 Å². The van der Waals surface area contributed by atoms with Gasteiger partial charge >= 0.3 is 6.18 Å². The Morgan fingerprint density at radius 2 is 1.79 bits per heavy atom. The van der Waals surface area contributed by atoms with E-state index in [-0.39, 0.29) is 0 Å². The number of rotatable bonds is 2. The molecule has 1 aromatic carbocycles. The van der Waals surface area contributed by atoms with Gasteiger partial charge in [0.25, 0.3) is 0 Å². The van der Waals surface area contributed by atoms with Gasteiger partial charge in [-0.05, 0) is 34.1 Å². The zero-order valence-corrected chi connectivity index (χ0v) is 11.8. The van der Waals surface area contributed by atoms with E-state index < -0.39 is 12.7 Å². The van der Waals surface area contributed by atoms with Crippen LogP contribution in [0.25, 0.3) is 0 Å². The summed E-state index contributed by atoms with van der Waals surface area (Å²) in [6, 6.07) is 5.48. The first kappa shape index (κ1) is 14.5. The molecule has 2 rings (SSSR count). The standard InChI is InChI=1S/C12H15BrF3N3/c13-10-7-9(17)1-2-11(10)19-5-3-18(4-6-19)8-12(14,15)16/h1-2,7H,3-6,8,17H2. The van der Waals surface area contributed by atoms with Crippen LogP contribution < -0.4 is 10.6 Å². The zero-order chi connectivity index (χ0) is 14.0. The molecule has 2 N–H and O–H groups in total. The van der Waals surface area contributed by atoms with Crippen LogP contribution in [0.4, 0.5) is 24.5 Å². The van der Waals surface area contributed by atoms with Crippen LogP contribution >= 0.6 is 15.9 Å². The van der Waals surface area contributed by atoms with Gasteiger partial charge in [-0.25, -0.2) is 0 Å². The van der Waals surface area contributed by atoms with E-state index in [2.05, 4.69) is 20.8 Å². The van der Waals surface area contributed by atoms with Crippen molar-refractivity contribution in [2.75, 3.05) is 43.4 Å². The van der Waals surface area contributed by atoms with Crippen molar-refractivity contribution in [1.82, 2.24) is 4.90 Å². The van der Waals surface area contributed by atoms with E-state index >= 15 is 0 Å². The third-order valence-electron chi connectivity index (χ3n) is 3.09. The molecule has 19 heavy (non-hydrogen) atoms. The van der Waals surface area contributed by atoms with Gasteiger partial charge in [0.2, 0.25) is 0 Å². The molecule has 0 atom stereocenters.